The summed E-state index contributed by atoms with van der Waals surface area (Å²) in [5, 5.41) is 2.68. The van der Waals surface area contributed by atoms with E-state index in [1.165, 1.54) is 31.6 Å². The Labute approximate surface area is 171 Å². The van der Waals surface area contributed by atoms with Gasteiger partial charge in [-0.2, -0.15) is 13.2 Å². The molecule has 2 heterocycles. The van der Waals surface area contributed by atoms with Crippen molar-refractivity contribution in [1.82, 2.24) is 15.3 Å². The van der Waals surface area contributed by atoms with Crippen molar-refractivity contribution < 1.29 is 32.2 Å². The average Bonchev–Trinajstić information content (AvgIpc) is 2.70. The standard InChI is InChI=1S/C20H22F3N3O4/c1-3-4-16(27)9-15-8-14(5-6-24-15)18(28)25-10-13-7-17(29-2)19(26-11-13)30-12-20(21,22)23/h5-8,11H,3-4,9-10,12H2,1-2H3,(H,25,28). The first kappa shape index (κ1) is 23.1. The fraction of sp³-hybridized carbons (Fsp3) is 0.400. The molecular weight excluding hydrogens is 403 g/mol. The van der Waals surface area contributed by atoms with E-state index in [2.05, 4.69) is 20.0 Å². The van der Waals surface area contributed by atoms with Gasteiger partial charge in [-0.1, -0.05) is 6.92 Å². The topological polar surface area (TPSA) is 90.4 Å². The number of nitrogens with one attached hydrogen (secondary N) is 1. The summed E-state index contributed by atoms with van der Waals surface area (Å²) in [4.78, 5) is 32.1. The van der Waals surface area contributed by atoms with Gasteiger partial charge in [-0.05, 0) is 30.2 Å². The molecule has 0 aliphatic heterocycles. The van der Waals surface area contributed by atoms with E-state index in [1.807, 2.05) is 6.92 Å². The van der Waals surface area contributed by atoms with Crippen molar-refractivity contribution in [2.45, 2.75) is 38.9 Å². The monoisotopic (exact) mass is 425 g/mol. The molecular formula is C20H22F3N3O4. The highest BCUT2D eigenvalue weighted by atomic mass is 19.4. The van der Waals surface area contributed by atoms with Gasteiger partial charge in [0.05, 0.1) is 7.11 Å². The van der Waals surface area contributed by atoms with E-state index in [0.717, 1.165) is 6.42 Å². The maximum Gasteiger partial charge on any atom is 0.422 e. The molecule has 1 N–H and O–H groups in total. The van der Waals surface area contributed by atoms with Crippen molar-refractivity contribution in [2.75, 3.05) is 13.7 Å². The van der Waals surface area contributed by atoms with Crippen LogP contribution in [0.4, 0.5) is 13.2 Å². The van der Waals surface area contributed by atoms with Crippen LogP contribution >= 0.6 is 0 Å². The number of pyridine rings is 2. The molecule has 162 valence electrons. The number of alkyl halides is 3. The molecule has 2 rings (SSSR count). The van der Waals surface area contributed by atoms with E-state index in [0.29, 0.717) is 23.2 Å². The van der Waals surface area contributed by atoms with E-state index in [-0.39, 0.29) is 30.4 Å². The Bertz CT molecular complexity index is 888. The second-order valence-corrected chi connectivity index (χ2v) is 6.44. The van der Waals surface area contributed by atoms with Crippen molar-refractivity contribution in [3.05, 3.63) is 47.4 Å². The molecule has 0 fully saturated rings. The maximum atomic E-state index is 12.4. The largest absolute Gasteiger partial charge is 0.491 e. The van der Waals surface area contributed by atoms with Crippen LogP contribution in [0.25, 0.3) is 0 Å². The molecule has 0 atom stereocenters. The predicted molar refractivity (Wildman–Crippen MR) is 101 cm³/mol. The molecule has 0 bridgehead atoms. The molecule has 7 nitrogen and oxygen atoms in total. The number of rotatable bonds is 10. The number of carbonyl (C=O) groups excluding carboxylic acids is 2. The minimum Gasteiger partial charge on any atom is -0.491 e. The first-order valence-electron chi connectivity index (χ1n) is 9.19. The molecule has 30 heavy (non-hydrogen) atoms. The van der Waals surface area contributed by atoms with Crippen molar-refractivity contribution >= 4 is 11.7 Å². The molecule has 0 radical (unpaired) electrons. The molecule has 0 saturated heterocycles. The van der Waals surface area contributed by atoms with Crippen LogP contribution in [0.3, 0.4) is 0 Å². The lowest BCUT2D eigenvalue weighted by Crippen LogP contribution is -2.23. The van der Waals surface area contributed by atoms with Gasteiger partial charge in [-0.25, -0.2) is 4.98 Å². The molecule has 0 unspecified atom stereocenters. The van der Waals surface area contributed by atoms with Crippen LogP contribution in [-0.2, 0) is 17.8 Å². The summed E-state index contributed by atoms with van der Waals surface area (Å²) < 4.78 is 46.5. The number of methoxy groups -OCH3 is 1. The number of Topliss-reactive ketones (excluding diaryl/α,β-unsaturated/α-hetero) is 1. The van der Waals surface area contributed by atoms with Gasteiger partial charge in [0.2, 0.25) is 0 Å². The number of nitrogens with zero attached hydrogens (tertiary/aromatic N) is 2. The van der Waals surface area contributed by atoms with Gasteiger partial charge < -0.3 is 14.8 Å². The highest BCUT2D eigenvalue weighted by molar-refractivity contribution is 5.94. The molecule has 0 aliphatic rings. The molecule has 0 spiro atoms. The zero-order chi connectivity index (χ0) is 22.1. The second-order valence-electron chi connectivity index (χ2n) is 6.44. The number of ketones is 1. The molecule has 0 aliphatic carbocycles. The number of ether oxygens (including phenoxy) is 2. The van der Waals surface area contributed by atoms with Gasteiger partial charge in [0.1, 0.15) is 5.78 Å². The maximum absolute atomic E-state index is 12.4. The first-order valence-corrected chi connectivity index (χ1v) is 9.19. The molecule has 10 heteroatoms. The highest BCUT2D eigenvalue weighted by Gasteiger charge is 2.29. The minimum absolute atomic E-state index is 0.0200. The van der Waals surface area contributed by atoms with Crippen LogP contribution < -0.4 is 14.8 Å². The Hall–Kier alpha value is -3.17. The number of halogens is 3. The summed E-state index contributed by atoms with van der Waals surface area (Å²) in [5.74, 6) is -0.612. The predicted octanol–water partition coefficient (Wildman–Crippen LogP) is 3.27. The summed E-state index contributed by atoms with van der Waals surface area (Å²) in [6.07, 6.45) is -0.387. The third kappa shape index (κ3) is 7.34. The molecule has 2 aromatic rings. The quantitative estimate of drug-likeness (QED) is 0.628. The van der Waals surface area contributed by atoms with E-state index < -0.39 is 18.7 Å². The lowest BCUT2D eigenvalue weighted by Gasteiger charge is -2.13. The zero-order valence-electron chi connectivity index (χ0n) is 16.6. The third-order valence-corrected chi connectivity index (χ3v) is 3.91. The van der Waals surface area contributed by atoms with Crippen LogP contribution in [0.15, 0.2) is 30.6 Å². The number of carbonyl (C=O) groups is 2. The zero-order valence-corrected chi connectivity index (χ0v) is 16.6. The van der Waals surface area contributed by atoms with Crippen molar-refractivity contribution in [2.24, 2.45) is 0 Å². The Morgan fingerprint density at radius 3 is 2.63 bits per heavy atom. The Kier molecular flexibility index (Phi) is 8.14. The SMILES string of the molecule is CCCC(=O)Cc1cc(C(=O)NCc2cnc(OCC(F)(F)F)c(OC)c2)ccn1. The van der Waals surface area contributed by atoms with Gasteiger partial charge in [0.25, 0.3) is 11.8 Å². The van der Waals surface area contributed by atoms with E-state index >= 15 is 0 Å². The lowest BCUT2D eigenvalue weighted by atomic mass is 10.1. The van der Waals surface area contributed by atoms with Crippen LogP contribution in [0.1, 0.15) is 41.4 Å². The minimum atomic E-state index is -4.50. The molecule has 0 saturated carbocycles. The van der Waals surface area contributed by atoms with Gasteiger partial charge in [-0.15, -0.1) is 0 Å². The highest BCUT2D eigenvalue weighted by Crippen LogP contribution is 2.27. The summed E-state index contributed by atoms with van der Waals surface area (Å²) >= 11 is 0. The normalized spacial score (nSPS) is 11.1. The summed E-state index contributed by atoms with van der Waals surface area (Å²) in [6.45, 7) is 0.486. The molecule has 0 aromatic carbocycles. The Balaban J connectivity index is 1.99. The summed E-state index contributed by atoms with van der Waals surface area (Å²) in [5.41, 5.74) is 1.36. The first-order chi connectivity index (χ1) is 14.2. The third-order valence-electron chi connectivity index (χ3n) is 3.91. The van der Waals surface area contributed by atoms with Crippen molar-refractivity contribution in [1.29, 1.82) is 0 Å². The van der Waals surface area contributed by atoms with Gasteiger partial charge in [-0.3, -0.25) is 14.6 Å². The van der Waals surface area contributed by atoms with Crippen LogP contribution in [0, 0.1) is 0 Å². The van der Waals surface area contributed by atoms with Crippen molar-refractivity contribution in [3.63, 3.8) is 0 Å². The number of amides is 1. The summed E-state index contributed by atoms with van der Waals surface area (Å²) in [6, 6.07) is 4.51. The fourth-order valence-electron chi connectivity index (χ4n) is 2.54. The molecule has 1 amide bonds. The van der Waals surface area contributed by atoms with Crippen LogP contribution in [-0.4, -0.2) is 41.6 Å². The number of hydrogen-bond donors (Lipinski definition) is 1. The van der Waals surface area contributed by atoms with Gasteiger partial charge >= 0.3 is 6.18 Å². The van der Waals surface area contributed by atoms with Crippen LogP contribution in [0.5, 0.6) is 11.6 Å². The number of aromatic nitrogens is 2. The second kappa shape index (κ2) is 10.6. The lowest BCUT2D eigenvalue weighted by molar-refractivity contribution is -0.154. The fourth-order valence-corrected chi connectivity index (χ4v) is 2.54. The van der Waals surface area contributed by atoms with Crippen molar-refractivity contribution in [3.8, 4) is 11.6 Å². The van der Waals surface area contributed by atoms with E-state index in [9.17, 15) is 22.8 Å². The average molecular weight is 425 g/mol. The summed E-state index contributed by atoms with van der Waals surface area (Å²) in [7, 11) is 1.28. The number of hydrogen-bond acceptors (Lipinski definition) is 6. The molecule has 2 aromatic heterocycles. The Morgan fingerprint density at radius 1 is 1.20 bits per heavy atom. The van der Waals surface area contributed by atoms with E-state index in [1.54, 1.807) is 6.07 Å². The van der Waals surface area contributed by atoms with Gasteiger partial charge in [0.15, 0.2) is 12.4 Å². The van der Waals surface area contributed by atoms with E-state index in [4.69, 9.17) is 4.74 Å². The smallest absolute Gasteiger partial charge is 0.422 e. The Morgan fingerprint density at radius 2 is 1.97 bits per heavy atom. The van der Waals surface area contributed by atoms with Crippen LogP contribution in [0.2, 0.25) is 0 Å². The van der Waals surface area contributed by atoms with Gasteiger partial charge in [0, 0.05) is 43.0 Å².